The SMILES string of the molecule is CCc1ccc2nc(C3CCCC3)cc(N)c2c1. The lowest BCUT2D eigenvalue weighted by Crippen LogP contribution is -2.00. The number of rotatable bonds is 2. The molecule has 0 bridgehead atoms. The Bertz CT molecular complexity index is 569. The second-order valence-corrected chi connectivity index (χ2v) is 5.32. The van der Waals surface area contributed by atoms with Crippen molar-refractivity contribution < 1.29 is 0 Å². The molecule has 2 N–H and O–H groups in total. The standard InChI is InChI=1S/C16H20N2/c1-2-11-7-8-15-13(9-11)14(17)10-16(18-15)12-5-3-4-6-12/h7-10,12H,2-6H2,1H3,(H2,17,18). The summed E-state index contributed by atoms with van der Waals surface area (Å²) in [5.41, 5.74) is 10.7. The predicted octanol–water partition coefficient (Wildman–Crippen LogP) is 4.04. The van der Waals surface area contributed by atoms with Gasteiger partial charge in [0.15, 0.2) is 0 Å². The van der Waals surface area contributed by atoms with E-state index in [1.54, 1.807) is 0 Å². The zero-order valence-electron chi connectivity index (χ0n) is 10.9. The van der Waals surface area contributed by atoms with Crippen LogP contribution in [0.25, 0.3) is 10.9 Å². The van der Waals surface area contributed by atoms with Gasteiger partial charge in [0.25, 0.3) is 0 Å². The van der Waals surface area contributed by atoms with Crippen LogP contribution < -0.4 is 5.73 Å². The number of fused-ring (bicyclic) bond motifs is 1. The summed E-state index contributed by atoms with van der Waals surface area (Å²) in [6.07, 6.45) is 6.24. The summed E-state index contributed by atoms with van der Waals surface area (Å²) in [6, 6.07) is 8.55. The Balaban J connectivity index is 2.09. The first-order valence-electron chi connectivity index (χ1n) is 6.97. The van der Waals surface area contributed by atoms with Crippen molar-refractivity contribution in [1.82, 2.24) is 4.98 Å². The first-order valence-corrected chi connectivity index (χ1v) is 6.97. The van der Waals surface area contributed by atoms with Crippen molar-refractivity contribution in [3.63, 3.8) is 0 Å². The number of aryl methyl sites for hydroxylation is 1. The lowest BCUT2D eigenvalue weighted by molar-refractivity contribution is 0.701. The van der Waals surface area contributed by atoms with E-state index in [0.29, 0.717) is 5.92 Å². The van der Waals surface area contributed by atoms with E-state index >= 15 is 0 Å². The molecule has 1 aromatic carbocycles. The average Bonchev–Trinajstić information content (AvgIpc) is 2.92. The third-order valence-electron chi connectivity index (χ3n) is 4.11. The molecule has 3 rings (SSSR count). The van der Waals surface area contributed by atoms with Crippen LogP contribution >= 0.6 is 0 Å². The zero-order valence-corrected chi connectivity index (χ0v) is 10.9. The van der Waals surface area contributed by atoms with Crippen LogP contribution in [0.2, 0.25) is 0 Å². The van der Waals surface area contributed by atoms with Gasteiger partial charge in [0, 0.05) is 22.7 Å². The molecular weight excluding hydrogens is 220 g/mol. The maximum absolute atomic E-state index is 6.21. The molecule has 2 heteroatoms. The largest absolute Gasteiger partial charge is 0.398 e. The van der Waals surface area contributed by atoms with E-state index < -0.39 is 0 Å². The van der Waals surface area contributed by atoms with Crippen molar-refractivity contribution in [2.75, 3.05) is 5.73 Å². The van der Waals surface area contributed by atoms with E-state index in [-0.39, 0.29) is 0 Å². The highest BCUT2D eigenvalue weighted by Gasteiger charge is 2.19. The highest BCUT2D eigenvalue weighted by atomic mass is 14.7. The van der Waals surface area contributed by atoms with E-state index in [1.807, 2.05) is 0 Å². The first-order chi connectivity index (χ1) is 8.78. The molecular formula is C16H20N2. The number of anilines is 1. The molecule has 1 fully saturated rings. The van der Waals surface area contributed by atoms with Crippen LogP contribution in [0.5, 0.6) is 0 Å². The molecule has 0 saturated heterocycles. The second kappa shape index (κ2) is 4.60. The molecule has 0 unspecified atom stereocenters. The fraction of sp³-hybridized carbons (Fsp3) is 0.438. The van der Waals surface area contributed by atoms with Crippen LogP contribution in [0.4, 0.5) is 5.69 Å². The molecule has 1 saturated carbocycles. The maximum Gasteiger partial charge on any atom is 0.0726 e. The lowest BCUT2D eigenvalue weighted by Gasteiger charge is -2.12. The van der Waals surface area contributed by atoms with Gasteiger partial charge in [-0.15, -0.1) is 0 Å². The van der Waals surface area contributed by atoms with Crippen molar-refractivity contribution in [3.05, 3.63) is 35.5 Å². The molecule has 94 valence electrons. The van der Waals surface area contributed by atoms with Gasteiger partial charge in [-0.3, -0.25) is 4.98 Å². The summed E-state index contributed by atoms with van der Waals surface area (Å²) in [5.74, 6) is 0.627. The van der Waals surface area contributed by atoms with Gasteiger partial charge in [-0.2, -0.15) is 0 Å². The highest BCUT2D eigenvalue weighted by Crippen LogP contribution is 2.35. The van der Waals surface area contributed by atoms with E-state index in [4.69, 9.17) is 10.7 Å². The third kappa shape index (κ3) is 1.96. The molecule has 2 aromatic rings. The van der Waals surface area contributed by atoms with E-state index in [9.17, 15) is 0 Å². The fourth-order valence-corrected chi connectivity index (χ4v) is 2.97. The normalized spacial score (nSPS) is 16.5. The molecule has 1 aliphatic rings. The van der Waals surface area contributed by atoms with Crippen LogP contribution in [0.3, 0.4) is 0 Å². The molecule has 18 heavy (non-hydrogen) atoms. The van der Waals surface area contributed by atoms with Gasteiger partial charge in [0.1, 0.15) is 0 Å². The first kappa shape index (κ1) is 11.5. The maximum atomic E-state index is 6.21. The van der Waals surface area contributed by atoms with Gasteiger partial charge in [-0.1, -0.05) is 25.8 Å². The molecule has 1 heterocycles. The van der Waals surface area contributed by atoms with Crippen LogP contribution in [0.1, 0.15) is 49.8 Å². The number of pyridine rings is 1. The smallest absolute Gasteiger partial charge is 0.0726 e. The number of hydrogen-bond donors (Lipinski definition) is 1. The van der Waals surface area contributed by atoms with Gasteiger partial charge in [0.2, 0.25) is 0 Å². The Morgan fingerprint density at radius 3 is 2.72 bits per heavy atom. The average molecular weight is 240 g/mol. The Labute approximate surface area is 108 Å². The molecule has 2 nitrogen and oxygen atoms in total. The van der Waals surface area contributed by atoms with Crippen LogP contribution in [-0.2, 0) is 6.42 Å². The predicted molar refractivity (Wildman–Crippen MR) is 76.7 cm³/mol. The van der Waals surface area contributed by atoms with Crippen molar-refractivity contribution in [1.29, 1.82) is 0 Å². The number of aromatic nitrogens is 1. The molecule has 0 amide bonds. The van der Waals surface area contributed by atoms with E-state index in [1.165, 1.54) is 36.9 Å². The number of benzene rings is 1. The Morgan fingerprint density at radius 1 is 1.22 bits per heavy atom. The quantitative estimate of drug-likeness (QED) is 0.860. The van der Waals surface area contributed by atoms with Gasteiger partial charge < -0.3 is 5.73 Å². The van der Waals surface area contributed by atoms with Crippen LogP contribution in [0.15, 0.2) is 24.3 Å². The third-order valence-corrected chi connectivity index (χ3v) is 4.11. The Kier molecular flexibility index (Phi) is 2.94. The fourth-order valence-electron chi connectivity index (χ4n) is 2.97. The molecule has 1 aliphatic carbocycles. The molecule has 0 spiro atoms. The van der Waals surface area contributed by atoms with Crippen molar-refractivity contribution in [3.8, 4) is 0 Å². The summed E-state index contributed by atoms with van der Waals surface area (Å²) in [4.78, 5) is 4.81. The number of nitrogens with zero attached hydrogens (tertiary/aromatic N) is 1. The number of hydrogen-bond acceptors (Lipinski definition) is 2. The number of nitrogen functional groups attached to an aromatic ring is 1. The molecule has 0 aliphatic heterocycles. The van der Waals surface area contributed by atoms with E-state index in [2.05, 4.69) is 31.2 Å². The Hall–Kier alpha value is -1.57. The van der Waals surface area contributed by atoms with Gasteiger partial charge in [-0.05, 0) is 43.0 Å². The van der Waals surface area contributed by atoms with Crippen molar-refractivity contribution in [2.24, 2.45) is 0 Å². The summed E-state index contributed by atoms with van der Waals surface area (Å²) in [6.45, 7) is 2.16. The van der Waals surface area contributed by atoms with Gasteiger partial charge >= 0.3 is 0 Å². The van der Waals surface area contributed by atoms with Crippen LogP contribution in [0, 0.1) is 0 Å². The van der Waals surface area contributed by atoms with Crippen molar-refractivity contribution >= 4 is 16.6 Å². The molecule has 0 atom stereocenters. The summed E-state index contributed by atoms with van der Waals surface area (Å²) >= 11 is 0. The Morgan fingerprint density at radius 2 is 2.00 bits per heavy atom. The summed E-state index contributed by atoms with van der Waals surface area (Å²) < 4.78 is 0. The van der Waals surface area contributed by atoms with Crippen LogP contribution in [-0.4, -0.2) is 4.98 Å². The zero-order chi connectivity index (χ0) is 12.5. The molecule has 1 aromatic heterocycles. The minimum Gasteiger partial charge on any atom is -0.398 e. The highest BCUT2D eigenvalue weighted by molar-refractivity contribution is 5.90. The molecule has 0 radical (unpaired) electrons. The summed E-state index contributed by atoms with van der Waals surface area (Å²) in [5, 5.41) is 1.11. The van der Waals surface area contributed by atoms with Crippen molar-refractivity contribution in [2.45, 2.75) is 44.9 Å². The van der Waals surface area contributed by atoms with E-state index in [0.717, 1.165) is 23.0 Å². The number of nitrogens with two attached hydrogens (primary N) is 1. The monoisotopic (exact) mass is 240 g/mol. The van der Waals surface area contributed by atoms with Gasteiger partial charge in [-0.25, -0.2) is 0 Å². The second-order valence-electron chi connectivity index (χ2n) is 5.32. The topological polar surface area (TPSA) is 38.9 Å². The minimum atomic E-state index is 0.627. The van der Waals surface area contributed by atoms with Gasteiger partial charge in [0.05, 0.1) is 5.52 Å². The lowest BCUT2D eigenvalue weighted by atomic mass is 10.0. The summed E-state index contributed by atoms with van der Waals surface area (Å²) in [7, 11) is 0. The minimum absolute atomic E-state index is 0.627.